The van der Waals surface area contributed by atoms with Crippen LogP contribution in [-0.2, 0) is 0 Å². The average molecular weight is 194 g/mol. The molecule has 0 spiro atoms. The molecular weight excluding hydrogens is 168 g/mol. The number of unbranched alkanes of at least 4 members (excludes halogenated alkanes) is 1. The lowest BCUT2D eigenvalue weighted by Gasteiger charge is -2.14. The molecule has 0 nitrogen and oxygen atoms in total. The Morgan fingerprint density at radius 1 is 1.14 bits per heavy atom. The summed E-state index contributed by atoms with van der Waals surface area (Å²) in [7, 11) is 0. The SMILES string of the molecule is CCC=CCCCC(C)=CC(C)(C)C. The van der Waals surface area contributed by atoms with Crippen LogP contribution in [0.4, 0.5) is 0 Å². The summed E-state index contributed by atoms with van der Waals surface area (Å²) in [5.41, 5.74) is 1.87. The van der Waals surface area contributed by atoms with Gasteiger partial charge in [-0.1, -0.05) is 51.5 Å². The molecule has 0 radical (unpaired) electrons. The van der Waals surface area contributed by atoms with Gasteiger partial charge in [-0.2, -0.15) is 0 Å². The van der Waals surface area contributed by atoms with Crippen LogP contribution < -0.4 is 0 Å². The smallest absolute Gasteiger partial charge is 0.0201 e. The third-order valence-corrected chi connectivity index (χ3v) is 2.02. The number of rotatable bonds is 5. The van der Waals surface area contributed by atoms with E-state index in [0.717, 1.165) is 6.42 Å². The summed E-state index contributed by atoms with van der Waals surface area (Å²) in [5.74, 6) is 0. The van der Waals surface area contributed by atoms with E-state index in [1.165, 1.54) is 24.8 Å². The van der Waals surface area contributed by atoms with Crippen molar-refractivity contribution in [3.63, 3.8) is 0 Å². The van der Waals surface area contributed by atoms with Crippen LogP contribution in [0.5, 0.6) is 0 Å². The second-order valence-corrected chi connectivity index (χ2v) is 5.13. The van der Waals surface area contributed by atoms with Crippen LogP contribution in [0.3, 0.4) is 0 Å². The van der Waals surface area contributed by atoms with Gasteiger partial charge < -0.3 is 0 Å². The third-order valence-electron chi connectivity index (χ3n) is 2.02. The van der Waals surface area contributed by atoms with Gasteiger partial charge >= 0.3 is 0 Å². The quantitative estimate of drug-likeness (QED) is 0.421. The largest absolute Gasteiger partial charge is 0.0888 e. The third kappa shape index (κ3) is 9.57. The minimum absolute atomic E-state index is 0.337. The maximum Gasteiger partial charge on any atom is -0.0201 e. The van der Waals surface area contributed by atoms with E-state index in [1.54, 1.807) is 0 Å². The highest BCUT2D eigenvalue weighted by Crippen LogP contribution is 2.19. The summed E-state index contributed by atoms with van der Waals surface area (Å²) in [6.07, 6.45) is 11.9. The lowest BCUT2D eigenvalue weighted by atomic mass is 9.92. The van der Waals surface area contributed by atoms with Crippen molar-refractivity contribution < 1.29 is 0 Å². The maximum atomic E-state index is 2.39. The summed E-state index contributed by atoms with van der Waals surface area (Å²) in [6, 6.07) is 0. The molecule has 82 valence electrons. The Morgan fingerprint density at radius 2 is 1.79 bits per heavy atom. The van der Waals surface area contributed by atoms with Gasteiger partial charge in [-0.25, -0.2) is 0 Å². The van der Waals surface area contributed by atoms with Gasteiger partial charge in [0.05, 0.1) is 0 Å². The Kier molecular flexibility index (Phi) is 6.61. The topological polar surface area (TPSA) is 0 Å². The first-order chi connectivity index (χ1) is 6.45. The molecule has 0 saturated heterocycles. The molecule has 0 aromatic rings. The minimum Gasteiger partial charge on any atom is -0.0888 e. The van der Waals surface area contributed by atoms with Crippen LogP contribution in [0.15, 0.2) is 23.8 Å². The van der Waals surface area contributed by atoms with E-state index in [9.17, 15) is 0 Å². The van der Waals surface area contributed by atoms with Gasteiger partial charge in [0.2, 0.25) is 0 Å². The summed E-state index contributed by atoms with van der Waals surface area (Å²) in [5, 5.41) is 0. The zero-order valence-corrected chi connectivity index (χ0v) is 10.6. The summed E-state index contributed by atoms with van der Waals surface area (Å²) < 4.78 is 0. The molecule has 0 heteroatoms. The van der Waals surface area contributed by atoms with E-state index >= 15 is 0 Å². The van der Waals surface area contributed by atoms with Crippen LogP contribution in [-0.4, -0.2) is 0 Å². The molecule has 0 amide bonds. The molecule has 0 saturated carbocycles. The predicted octanol–water partition coefficient (Wildman–Crippen LogP) is 5.12. The van der Waals surface area contributed by atoms with Crippen molar-refractivity contribution in [3.8, 4) is 0 Å². The zero-order valence-electron chi connectivity index (χ0n) is 10.6. The van der Waals surface area contributed by atoms with Crippen LogP contribution in [0.1, 0.15) is 60.3 Å². The van der Waals surface area contributed by atoms with E-state index in [4.69, 9.17) is 0 Å². The van der Waals surface area contributed by atoms with Crippen molar-refractivity contribution in [1.29, 1.82) is 0 Å². The monoisotopic (exact) mass is 194 g/mol. The van der Waals surface area contributed by atoms with Crippen molar-refractivity contribution in [2.45, 2.75) is 60.3 Å². The number of hydrogen-bond acceptors (Lipinski definition) is 0. The van der Waals surface area contributed by atoms with Gasteiger partial charge in [-0.3, -0.25) is 0 Å². The Hall–Kier alpha value is -0.520. The molecule has 0 atom stereocenters. The fraction of sp³-hybridized carbons (Fsp3) is 0.714. The lowest BCUT2D eigenvalue weighted by molar-refractivity contribution is 0.536. The number of hydrogen-bond donors (Lipinski definition) is 0. The molecule has 0 N–H and O–H groups in total. The van der Waals surface area contributed by atoms with E-state index in [1.807, 2.05) is 0 Å². The Labute approximate surface area is 90.1 Å². The highest BCUT2D eigenvalue weighted by Gasteiger charge is 2.05. The average Bonchev–Trinajstić information content (AvgIpc) is 2.00. The minimum atomic E-state index is 0.337. The normalized spacial score (nSPS) is 13.9. The van der Waals surface area contributed by atoms with Crippen molar-refractivity contribution in [1.82, 2.24) is 0 Å². The predicted molar refractivity (Wildman–Crippen MR) is 66.5 cm³/mol. The van der Waals surface area contributed by atoms with Crippen molar-refractivity contribution in [2.75, 3.05) is 0 Å². The molecule has 0 aliphatic carbocycles. The molecular formula is C14H26. The number of allylic oxidation sites excluding steroid dienone is 4. The first kappa shape index (κ1) is 13.5. The van der Waals surface area contributed by atoms with Gasteiger partial charge in [-0.05, 0) is 38.0 Å². The van der Waals surface area contributed by atoms with Crippen LogP contribution in [0, 0.1) is 5.41 Å². The first-order valence-electron chi connectivity index (χ1n) is 5.79. The molecule has 14 heavy (non-hydrogen) atoms. The molecule has 0 aromatic heterocycles. The Bertz CT molecular complexity index is 189. The van der Waals surface area contributed by atoms with Gasteiger partial charge in [0, 0.05) is 0 Å². The van der Waals surface area contributed by atoms with Crippen LogP contribution in [0.2, 0.25) is 0 Å². The van der Waals surface area contributed by atoms with Gasteiger partial charge in [0.1, 0.15) is 0 Å². The summed E-state index contributed by atoms with van der Waals surface area (Å²) in [6.45, 7) is 11.2. The lowest BCUT2D eigenvalue weighted by Crippen LogP contribution is -2.00. The highest BCUT2D eigenvalue weighted by atomic mass is 14.1. The summed E-state index contributed by atoms with van der Waals surface area (Å²) >= 11 is 0. The molecule has 0 bridgehead atoms. The van der Waals surface area contributed by atoms with Crippen molar-refractivity contribution in [3.05, 3.63) is 23.8 Å². The second kappa shape index (κ2) is 6.86. The Balaban J connectivity index is 3.69. The van der Waals surface area contributed by atoms with E-state index in [-0.39, 0.29) is 0 Å². The molecule has 0 unspecified atom stereocenters. The summed E-state index contributed by atoms with van der Waals surface area (Å²) in [4.78, 5) is 0. The fourth-order valence-electron chi connectivity index (χ4n) is 1.59. The fourth-order valence-corrected chi connectivity index (χ4v) is 1.59. The van der Waals surface area contributed by atoms with Gasteiger partial charge in [-0.15, -0.1) is 0 Å². The highest BCUT2D eigenvalue weighted by molar-refractivity contribution is 5.03. The second-order valence-electron chi connectivity index (χ2n) is 5.13. The molecule has 0 heterocycles. The van der Waals surface area contributed by atoms with E-state index in [0.29, 0.717) is 5.41 Å². The standard InChI is InChI=1S/C14H26/c1-6-7-8-9-10-11-13(2)12-14(3,4)5/h7-8,12H,6,9-11H2,1-5H3. The Morgan fingerprint density at radius 3 is 2.29 bits per heavy atom. The van der Waals surface area contributed by atoms with Crippen molar-refractivity contribution >= 4 is 0 Å². The molecule has 0 aromatic carbocycles. The zero-order chi connectivity index (χ0) is 11.0. The van der Waals surface area contributed by atoms with Gasteiger partial charge in [0.15, 0.2) is 0 Å². The van der Waals surface area contributed by atoms with Gasteiger partial charge in [0.25, 0.3) is 0 Å². The molecule has 0 rings (SSSR count). The molecule has 0 fully saturated rings. The molecule has 0 aliphatic rings. The maximum absolute atomic E-state index is 2.39. The van der Waals surface area contributed by atoms with Crippen molar-refractivity contribution in [2.24, 2.45) is 5.41 Å². The van der Waals surface area contributed by atoms with Crippen LogP contribution >= 0.6 is 0 Å². The van der Waals surface area contributed by atoms with E-state index in [2.05, 4.69) is 52.8 Å². The first-order valence-corrected chi connectivity index (χ1v) is 5.79. The molecule has 0 aliphatic heterocycles. The van der Waals surface area contributed by atoms with Crippen LogP contribution in [0.25, 0.3) is 0 Å². The van der Waals surface area contributed by atoms with E-state index < -0.39 is 0 Å².